The molecule has 122 valence electrons. The summed E-state index contributed by atoms with van der Waals surface area (Å²) in [7, 11) is 1.64. The molecule has 5 nitrogen and oxygen atoms in total. The highest BCUT2D eigenvalue weighted by Gasteiger charge is 2.20. The number of methoxy groups -OCH3 is 1. The van der Waals surface area contributed by atoms with Gasteiger partial charge in [0.05, 0.1) is 7.11 Å². The van der Waals surface area contributed by atoms with Gasteiger partial charge >= 0.3 is 0 Å². The van der Waals surface area contributed by atoms with Gasteiger partial charge in [-0.3, -0.25) is 9.69 Å². The highest BCUT2D eigenvalue weighted by Crippen LogP contribution is 2.31. The first-order chi connectivity index (χ1) is 11.1. The summed E-state index contributed by atoms with van der Waals surface area (Å²) < 4.78 is 5.31. The van der Waals surface area contributed by atoms with Crippen LogP contribution in [0.3, 0.4) is 0 Å². The molecule has 1 N–H and O–H groups in total. The molecule has 1 amide bonds. The van der Waals surface area contributed by atoms with E-state index in [2.05, 4.69) is 4.90 Å². The quantitative estimate of drug-likeness (QED) is 0.944. The topological polar surface area (TPSA) is 53.0 Å². The Bertz CT molecular complexity index is 722. The van der Waals surface area contributed by atoms with E-state index < -0.39 is 0 Å². The monoisotopic (exact) mass is 314 g/mol. The fourth-order valence-electron chi connectivity index (χ4n) is 3.09. The van der Waals surface area contributed by atoms with E-state index in [1.165, 1.54) is 0 Å². The van der Waals surface area contributed by atoms with Crippen molar-refractivity contribution in [2.75, 3.05) is 33.3 Å². The smallest absolute Gasteiger partial charge is 0.219 e. The highest BCUT2D eigenvalue weighted by molar-refractivity contribution is 5.89. The third kappa shape index (κ3) is 3.24. The van der Waals surface area contributed by atoms with Crippen molar-refractivity contribution in [2.24, 2.45) is 0 Å². The van der Waals surface area contributed by atoms with Crippen LogP contribution in [0.4, 0.5) is 0 Å². The van der Waals surface area contributed by atoms with Crippen molar-refractivity contribution in [3.8, 4) is 11.5 Å². The minimum Gasteiger partial charge on any atom is -0.508 e. The van der Waals surface area contributed by atoms with E-state index in [0.717, 1.165) is 48.3 Å². The average Bonchev–Trinajstić information content (AvgIpc) is 2.57. The molecule has 1 heterocycles. The van der Waals surface area contributed by atoms with Gasteiger partial charge in [-0.1, -0.05) is 12.1 Å². The molecule has 1 saturated heterocycles. The van der Waals surface area contributed by atoms with E-state index in [-0.39, 0.29) is 5.91 Å². The summed E-state index contributed by atoms with van der Waals surface area (Å²) in [5.74, 6) is 1.22. The number of aromatic hydroxyl groups is 1. The summed E-state index contributed by atoms with van der Waals surface area (Å²) in [5.41, 5.74) is 0.915. The van der Waals surface area contributed by atoms with Crippen LogP contribution in [0.15, 0.2) is 30.3 Å². The van der Waals surface area contributed by atoms with Gasteiger partial charge in [0.1, 0.15) is 11.5 Å². The number of ether oxygens (including phenoxy) is 1. The number of phenols is 1. The number of phenolic OH excluding ortho intramolecular Hbond substituents is 1. The summed E-state index contributed by atoms with van der Waals surface area (Å²) in [5, 5.41) is 12.4. The molecule has 0 aromatic heterocycles. The van der Waals surface area contributed by atoms with Gasteiger partial charge in [0.15, 0.2) is 0 Å². The lowest BCUT2D eigenvalue weighted by atomic mass is 10.0. The van der Waals surface area contributed by atoms with Crippen molar-refractivity contribution in [1.82, 2.24) is 9.80 Å². The van der Waals surface area contributed by atoms with Gasteiger partial charge in [-0.15, -0.1) is 0 Å². The van der Waals surface area contributed by atoms with Crippen molar-refractivity contribution in [1.29, 1.82) is 0 Å². The lowest BCUT2D eigenvalue weighted by Gasteiger charge is -2.34. The minimum atomic E-state index is 0.127. The maximum absolute atomic E-state index is 11.4. The molecule has 2 aromatic carbocycles. The number of nitrogens with zero attached hydrogens (tertiary/aromatic N) is 2. The van der Waals surface area contributed by atoms with Gasteiger partial charge in [0.2, 0.25) is 5.91 Å². The predicted octanol–water partition coefficient (Wildman–Crippen LogP) is 2.22. The molecule has 1 aliphatic heterocycles. The largest absolute Gasteiger partial charge is 0.508 e. The molecule has 5 heteroatoms. The predicted molar refractivity (Wildman–Crippen MR) is 89.7 cm³/mol. The van der Waals surface area contributed by atoms with Gasteiger partial charge in [-0.25, -0.2) is 0 Å². The molecule has 1 aliphatic rings. The molecule has 2 aromatic rings. The Morgan fingerprint density at radius 1 is 1.17 bits per heavy atom. The fourth-order valence-corrected chi connectivity index (χ4v) is 3.09. The number of piperazine rings is 1. The van der Waals surface area contributed by atoms with Crippen molar-refractivity contribution in [2.45, 2.75) is 13.5 Å². The number of fused-ring (bicyclic) bond motifs is 1. The molecule has 0 spiro atoms. The molecular formula is C18H22N2O3. The number of benzene rings is 2. The minimum absolute atomic E-state index is 0.127. The van der Waals surface area contributed by atoms with Crippen LogP contribution in [0.5, 0.6) is 11.5 Å². The van der Waals surface area contributed by atoms with Gasteiger partial charge < -0.3 is 14.7 Å². The van der Waals surface area contributed by atoms with Crippen molar-refractivity contribution in [3.63, 3.8) is 0 Å². The average molecular weight is 314 g/mol. The van der Waals surface area contributed by atoms with Crippen LogP contribution in [-0.2, 0) is 11.3 Å². The van der Waals surface area contributed by atoms with Crippen molar-refractivity contribution >= 4 is 16.7 Å². The van der Waals surface area contributed by atoms with Crippen LogP contribution in [0.1, 0.15) is 12.5 Å². The van der Waals surface area contributed by atoms with E-state index in [9.17, 15) is 9.90 Å². The number of amides is 1. The Morgan fingerprint density at radius 3 is 2.52 bits per heavy atom. The van der Waals surface area contributed by atoms with Crippen LogP contribution < -0.4 is 4.74 Å². The second kappa shape index (κ2) is 6.46. The van der Waals surface area contributed by atoms with Crippen LogP contribution in [0, 0.1) is 0 Å². The summed E-state index contributed by atoms with van der Waals surface area (Å²) in [4.78, 5) is 15.6. The van der Waals surface area contributed by atoms with Crippen LogP contribution >= 0.6 is 0 Å². The number of carbonyl (C=O) groups excluding carboxylic acids is 1. The summed E-state index contributed by atoms with van der Waals surface area (Å²) in [6.45, 7) is 5.40. The van der Waals surface area contributed by atoms with Crippen LogP contribution in [0.25, 0.3) is 10.8 Å². The number of rotatable bonds is 3. The Morgan fingerprint density at radius 2 is 1.87 bits per heavy atom. The molecule has 0 atom stereocenters. The molecule has 0 saturated carbocycles. The molecule has 3 rings (SSSR count). The summed E-state index contributed by atoms with van der Waals surface area (Å²) in [6, 6.07) is 9.56. The molecule has 0 unspecified atom stereocenters. The molecule has 23 heavy (non-hydrogen) atoms. The maximum Gasteiger partial charge on any atom is 0.219 e. The molecule has 0 bridgehead atoms. The Kier molecular flexibility index (Phi) is 4.39. The van der Waals surface area contributed by atoms with Crippen molar-refractivity contribution < 1.29 is 14.6 Å². The SMILES string of the molecule is COc1ccc2ccc(O)c(CN3CCN(C(C)=O)CC3)c2c1. The second-order valence-corrected chi connectivity index (χ2v) is 5.93. The van der Waals surface area contributed by atoms with Gasteiger partial charge in [0, 0.05) is 45.2 Å². The Balaban J connectivity index is 1.85. The van der Waals surface area contributed by atoms with E-state index >= 15 is 0 Å². The third-order valence-electron chi connectivity index (χ3n) is 4.51. The lowest BCUT2D eigenvalue weighted by molar-refractivity contribution is -0.130. The first kappa shape index (κ1) is 15.6. The Hall–Kier alpha value is -2.27. The summed E-state index contributed by atoms with van der Waals surface area (Å²) >= 11 is 0. The second-order valence-electron chi connectivity index (χ2n) is 5.93. The van der Waals surface area contributed by atoms with Crippen molar-refractivity contribution in [3.05, 3.63) is 35.9 Å². The van der Waals surface area contributed by atoms with Gasteiger partial charge in [-0.05, 0) is 29.0 Å². The van der Waals surface area contributed by atoms with E-state index in [0.29, 0.717) is 12.3 Å². The zero-order valence-corrected chi connectivity index (χ0v) is 13.6. The van der Waals surface area contributed by atoms with E-state index in [1.54, 1.807) is 20.1 Å². The van der Waals surface area contributed by atoms with E-state index in [4.69, 9.17) is 4.74 Å². The number of hydrogen-bond donors (Lipinski definition) is 1. The number of carbonyl (C=O) groups is 1. The molecule has 0 radical (unpaired) electrons. The van der Waals surface area contributed by atoms with Crippen LogP contribution in [-0.4, -0.2) is 54.1 Å². The van der Waals surface area contributed by atoms with E-state index in [1.807, 2.05) is 29.2 Å². The van der Waals surface area contributed by atoms with Gasteiger partial charge in [-0.2, -0.15) is 0 Å². The van der Waals surface area contributed by atoms with Crippen LogP contribution in [0.2, 0.25) is 0 Å². The summed E-state index contributed by atoms with van der Waals surface area (Å²) in [6.07, 6.45) is 0. The first-order valence-corrected chi connectivity index (χ1v) is 7.85. The standard InChI is InChI=1S/C18H22N2O3/c1-13(21)20-9-7-19(8-10-20)12-17-16-11-15(23-2)5-3-14(16)4-6-18(17)22/h3-6,11,22H,7-10,12H2,1-2H3. The normalized spacial score (nSPS) is 15.8. The highest BCUT2D eigenvalue weighted by atomic mass is 16.5. The van der Waals surface area contributed by atoms with Gasteiger partial charge in [0.25, 0.3) is 0 Å². The first-order valence-electron chi connectivity index (χ1n) is 7.85. The lowest BCUT2D eigenvalue weighted by Crippen LogP contribution is -2.47. The molecule has 0 aliphatic carbocycles. The molecule has 1 fully saturated rings. The zero-order valence-electron chi connectivity index (χ0n) is 13.6. The fraction of sp³-hybridized carbons (Fsp3) is 0.389. The third-order valence-corrected chi connectivity index (χ3v) is 4.51. The zero-order chi connectivity index (χ0) is 16.4. The molecular weight excluding hydrogens is 292 g/mol. The number of hydrogen-bond acceptors (Lipinski definition) is 4. The Labute approximate surface area is 136 Å². The maximum atomic E-state index is 11.4.